The van der Waals surface area contributed by atoms with Gasteiger partial charge in [-0.05, 0) is 57.6 Å². The topological polar surface area (TPSA) is 76.9 Å². The first-order chi connectivity index (χ1) is 15.7. The molecule has 0 spiro atoms. The molecule has 1 aromatic carbocycles. The highest BCUT2D eigenvalue weighted by Gasteiger charge is 2.20. The van der Waals surface area contributed by atoms with Gasteiger partial charge in [0.05, 0.1) is 19.8 Å². The molecule has 0 atom stereocenters. The lowest BCUT2D eigenvalue weighted by molar-refractivity contribution is 0.198. The fourth-order valence-corrected chi connectivity index (χ4v) is 3.92. The van der Waals surface area contributed by atoms with Crippen molar-refractivity contribution in [2.75, 3.05) is 20.2 Å². The van der Waals surface area contributed by atoms with Crippen LogP contribution in [0.1, 0.15) is 51.0 Å². The molecule has 0 unspecified atom stereocenters. The molecular weight excluding hydrogens is 404 g/mol. The van der Waals surface area contributed by atoms with Gasteiger partial charge in [0.1, 0.15) is 0 Å². The van der Waals surface area contributed by atoms with Gasteiger partial charge in [-0.3, -0.25) is 4.79 Å². The summed E-state index contributed by atoms with van der Waals surface area (Å²) in [5, 5.41) is 6.70. The van der Waals surface area contributed by atoms with Crippen LogP contribution >= 0.6 is 0 Å². The molecular formula is C25H36N4O3. The molecule has 7 nitrogen and oxygen atoms in total. The van der Waals surface area contributed by atoms with Crippen molar-refractivity contribution in [1.29, 1.82) is 0 Å². The number of hydrogen-bond acceptors (Lipinski definition) is 4. The van der Waals surface area contributed by atoms with Gasteiger partial charge in [0.2, 0.25) is 5.56 Å². The van der Waals surface area contributed by atoms with E-state index in [0.717, 1.165) is 68.3 Å². The number of rotatable bonds is 11. The lowest BCUT2D eigenvalue weighted by Crippen LogP contribution is -2.37. The van der Waals surface area contributed by atoms with Gasteiger partial charge >= 0.3 is 0 Å². The SMILES string of the molecule is CCNC(=NCc1cccc(OC)c1OC1CCCC1)NCCCCn1ccccc1=O. The maximum absolute atomic E-state index is 11.8. The summed E-state index contributed by atoms with van der Waals surface area (Å²) in [6.07, 6.45) is 8.60. The quantitative estimate of drug-likeness (QED) is 0.316. The maximum Gasteiger partial charge on any atom is 0.250 e. The van der Waals surface area contributed by atoms with Crippen molar-refractivity contribution < 1.29 is 9.47 Å². The Bertz CT molecular complexity index is 919. The molecule has 2 aromatic rings. The summed E-state index contributed by atoms with van der Waals surface area (Å²) >= 11 is 0. The third kappa shape index (κ3) is 7.04. The minimum Gasteiger partial charge on any atom is -0.493 e. The Kier molecular flexibility index (Phi) is 9.47. The summed E-state index contributed by atoms with van der Waals surface area (Å²) in [4.78, 5) is 16.5. The molecule has 0 radical (unpaired) electrons. The number of aromatic nitrogens is 1. The Balaban J connectivity index is 1.56. The number of ether oxygens (including phenoxy) is 2. The van der Waals surface area contributed by atoms with Gasteiger partial charge < -0.3 is 24.7 Å². The third-order valence-corrected chi connectivity index (χ3v) is 5.64. The molecule has 0 amide bonds. The van der Waals surface area contributed by atoms with Gasteiger partial charge in [-0.2, -0.15) is 0 Å². The molecule has 0 aliphatic heterocycles. The molecule has 1 saturated carbocycles. The molecule has 1 aliphatic carbocycles. The highest BCUT2D eigenvalue weighted by Crippen LogP contribution is 2.35. The van der Waals surface area contributed by atoms with E-state index in [0.29, 0.717) is 6.54 Å². The van der Waals surface area contributed by atoms with Gasteiger partial charge in [0.25, 0.3) is 0 Å². The molecule has 1 aromatic heterocycles. The van der Waals surface area contributed by atoms with E-state index < -0.39 is 0 Å². The van der Waals surface area contributed by atoms with Crippen molar-refractivity contribution in [3.05, 3.63) is 58.5 Å². The molecule has 0 bridgehead atoms. The van der Waals surface area contributed by atoms with E-state index in [1.807, 2.05) is 24.4 Å². The highest BCUT2D eigenvalue weighted by atomic mass is 16.5. The second-order valence-corrected chi connectivity index (χ2v) is 8.03. The van der Waals surface area contributed by atoms with E-state index in [4.69, 9.17) is 14.5 Å². The van der Waals surface area contributed by atoms with E-state index >= 15 is 0 Å². The van der Waals surface area contributed by atoms with Crippen LogP contribution in [0.3, 0.4) is 0 Å². The molecule has 3 rings (SSSR count). The number of unbranched alkanes of at least 4 members (excludes halogenated alkanes) is 1. The van der Waals surface area contributed by atoms with E-state index in [1.54, 1.807) is 23.8 Å². The number of para-hydroxylation sites is 1. The lowest BCUT2D eigenvalue weighted by Gasteiger charge is -2.19. The number of nitrogens with one attached hydrogen (secondary N) is 2. The number of hydrogen-bond donors (Lipinski definition) is 2. The minimum atomic E-state index is 0.0456. The number of guanidine groups is 1. The van der Waals surface area contributed by atoms with Crippen LogP contribution < -0.4 is 25.7 Å². The van der Waals surface area contributed by atoms with Crippen molar-refractivity contribution in [2.24, 2.45) is 4.99 Å². The van der Waals surface area contributed by atoms with Crippen molar-refractivity contribution in [3.63, 3.8) is 0 Å². The number of benzene rings is 1. The predicted octanol–water partition coefficient (Wildman–Crippen LogP) is 3.71. The number of nitrogens with zero attached hydrogens (tertiary/aromatic N) is 2. The molecule has 1 aliphatic rings. The van der Waals surface area contributed by atoms with Gasteiger partial charge in [-0.15, -0.1) is 0 Å². The molecule has 1 heterocycles. The fraction of sp³-hybridized carbons (Fsp3) is 0.520. The number of aliphatic imine (C=N–C) groups is 1. The maximum atomic E-state index is 11.8. The van der Waals surface area contributed by atoms with Gasteiger partial charge in [0, 0.05) is 37.5 Å². The Morgan fingerprint density at radius 2 is 1.97 bits per heavy atom. The van der Waals surface area contributed by atoms with E-state index in [2.05, 4.69) is 23.6 Å². The summed E-state index contributed by atoms with van der Waals surface area (Å²) in [5.41, 5.74) is 1.07. The van der Waals surface area contributed by atoms with E-state index in [-0.39, 0.29) is 11.7 Å². The Morgan fingerprint density at radius 3 is 2.72 bits per heavy atom. The summed E-state index contributed by atoms with van der Waals surface area (Å²) in [5.74, 6) is 2.35. The van der Waals surface area contributed by atoms with E-state index in [1.165, 1.54) is 12.8 Å². The van der Waals surface area contributed by atoms with Crippen LogP contribution in [-0.4, -0.2) is 36.8 Å². The fourth-order valence-electron chi connectivity index (χ4n) is 3.92. The Morgan fingerprint density at radius 1 is 1.12 bits per heavy atom. The van der Waals surface area contributed by atoms with Gasteiger partial charge in [-0.1, -0.05) is 18.2 Å². The normalized spacial score (nSPS) is 14.4. The zero-order valence-electron chi connectivity index (χ0n) is 19.3. The van der Waals surface area contributed by atoms with Crippen molar-refractivity contribution >= 4 is 5.96 Å². The first kappa shape index (κ1) is 23.7. The van der Waals surface area contributed by atoms with Crippen LogP contribution in [0.25, 0.3) is 0 Å². The average Bonchev–Trinajstić information content (AvgIpc) is 3.32. The summed E-state index contributed by atoms with van der Waals surface area (Å²) < 4.78 is 13.6. The van der Waals surface area contributed by atoms with Crippen molar-refractivity contribution in [2.45, 2.75) is 64.6 Å². The smallest absolute Gasteiger partial charge is 0.250 e. The molecule has 0 saturated heterocycles. The molecule has 2 N–H and O–H groups in total. The Labute approximate surface area is 190 Å². The first-order valence-corrected chi connectivity index (χ1v) is 11.7. The number of aryl methyl sites for hydroxylation is 1. The Hall–Kier alpha value is -2.96. The van der Waals surface area contributed by atoms with Crippen LogP contribution in [0.2, 0.25) is 0 Å². The largest absolute Gasteiger partial charge is 0.493 e. The van der Waals surface area contributed by atoms with Crippen molar-refractivity contribution in [3.8, 4) is 11.5 Å². The average molecular weight is 441 g/mol. The lowest BCUT2D eigenvalue weighted by atomic mass is 10.1. The molecule has 7 heteroatoms. The van der Waals surface area contributed by atoms with E-state index in [9.17, 15) is 4.79 Å². The zero-order chi connectivity index (χ0) is 22.6. The van der Waals surface area contributed by atoms with Crippen LogP contribution in [0.5, 0.6) is 11.5 Å². The van der Waals surface area contributed by atoms with Gasteiger partial charge in [0.15, 0.2) is 17.5 Å². The second-order valence-electron chi connectivity index (χ2n) is 8.03. The first-order valence-electron chi connectivity index (χ1n) is 11.7. The molecule has 1 fully saturated rings. The number of pyridine rings is 1. The monoisotopic (exact) mass is 440 g/mol. The van der Waals surface area contributed by atoms with Crippen molar-refractivity contribution in [1.82, 2.24) is 15.2 Å². The summed E-state index contributed by atoms with van der Waals surface area (Å²) in [6.45, 7) is 4.86. The van der Waals surface area contributed by atoms with Crippen LogP contribution in [0, 0.1) is 0 Å². The second kappa shape index (κ2) is 12.8. The van der Waals surface area contributed by atoms with Crippen LogP contribution in [-0.2, 0) is 13.1 Å². The summed E-state index contributed by atoms with van der Waals surface area (Å²) in [7, 11) is 1.68. The summed E-state index contributed by atoms with van der Waals surface area (Å²) in [6, 6.07) is 11.2. The number of methoxy groups -OCH3 is 1. The predicted molar refractivity (Wildman–Crippen MR) is 129 cm³/mol. The van der Waals surface area contributed by atoms with Gasteiger partial charge in [-0.25, -0.2) is 4.99 Å². The zero-order valence-corrected chi connectivity index (χ0v) is 19.3. The van der Waals surface area contributed by atoms with Crippen LogP contribution in [0.4, 0.5) is 0 Å². The third-order valence-electron chi connectivity index (χ3n) is 5.64. The standard InChI is InChI=1S/C25H36N4O3/c1-3-26-25(27-16-7-9-18-29-17-8-6-15-23(29)30)28-19-20-11-10-14-22(31-2)24(20)32-21-12-4-5-13-21/h6,8,10-11,14-15,17,21H,3-5,7,9,12-13,16,18-19H2,1-2H3,(H2,26,27,28). The van der Waals surface area contributed by atoms with Crippen LogP contribution in [0.15, 0.2) is 52.4 Å². The molecule has 174 valence electrons. The minimum absolute atomic E-state index is 0.0456. The molecule has 32 heavy (non-hydrogen) atoms. The highest BCUT2D eigenvalue weighted by molar-refractivity contribution is 5.79.